The minimum absolute atomic E-state index is 0.0398. The summed E-state index contributed by atoms with van der Waals surface area (Å²) in [5.74, 6) is -1.08. The second-order valence-corrected chi connectivity index (χ2v) is 15.1. The number of nitrogens with zero attached hydrogens (tertiary/aromatic N) is 8. The van der Waals surface area contributed by atoms with Crippen LogP contribution in [0.1, 0.15) is 75.8 Å². The molecule has 3 fully saturated rings. The first-order valence-corrected chi connectivity index (χ1v) is 19.6. The average molecular weight is 778 g/mol. The summed E-state index contributed by atoms with van der Waals surface area (Å²) in [4.78, 5) is 84.7. The van der Waals surface area contributed by atoms with Gasteiger partial charge in [-0.25, -0.2) is 9.97 Å². The molecule has 57 heavy (non-hydrogen) atoms. The third-order valence-electron chi connectivity index (χ3n) is 11.2. The van der Waals surface area contributed by atoms with E-state index in [1.165, 1.54) is 0 Å². The highest BCUT2D eigenvalue weighted by Crippen LogP contribution is 2.35. The predicted molar refractivity (Wildman–Crippen MR) is 212 cm³/mol. The number of anilines is 4. The van der Waals surface area contributed by atoms with Crippen molar-refractivity contribution in [1.82, 2.24) is 39.5 Å². The highest BCUT2D eigenvalue weighted by Gasteiger charge is 2.45. The molecule has 8 rings (SSSR count). The van der Waals surface area contributed by atoms with Crippen LogP contribution in [0.5, 0.6) is 0 Å². The van der Waals surface area contributed by atoms with Gasteiger partial charge in [0.15, 0.2) is 0 Å². The number of benzene rings is 1. The van der Waals surface area contributed by atoms with Gasteiger partial charge in [-0.3, -0.25) is 39.1 Å². The molecule has 0 radical (unpaired) electrons. The summed E-state index contributed by atoms with van der Waals surface area (Å²) in [6.07, 6.45) is 8.14. The molecule has 4 aliphatic rings. The number of piperazine rings is 1. The molecule has 3 N–H and O–H groups in total. The van der Waals surface area contributed by atoms with Crippen LogP contribution < -0.4 is 20.9 Å². The molecule has 2 saturated heterocycles. The number of piperidine rings is 1. The third kappa shape index (κ3) is 7.76. The van der Waals surface area contributed by atoms with Gasteiger partial charge in [0.25, 0.3) is 17.7 Å². The summed E-state index contributed by atoms with van der Waals surface area (Å²) in [6, 6.07) is 10.1. The largest absolute Gasteiger partial charge is 0.382 e. The van der Waals surface area contributed by atoms with E-state index in [0.29, 0.717) is 42.9 Å². The number of imide groups is 2. The molecule has 17 heteroatoms. The van der Waals surface area contributed by atoms with Gasteiger partial charge in [-0.05, 0) is 49.6 Å². The zero-order valence-corrected chi connectivity index (χ0v) is 32.2. The van der Waals surface area contributed by atoms with Gasteiger partial charge in [0.05, 0.1) is 36.2 Å². The van der Waals surface area contributed by atoms with Gasteiger partial charge in [-0.1, -0.05) is 18.9 Å². The SMILES string of the molecule is CN(C)C(=O)c1cc2cnc(Nc3ccc(N4CCN(CCOCCNc5cccc6c5C(=O)N(C5CCC(=O)NC5=O)C6=O)CC4)cn3)nc2n1C1CCCC1. The van der Waals surface area contributed by atoms with Crippen molar-refractivity contribution in [3.63, 3.8) is 0 Å². The van der Waals surface area contributed by atoms with E-state index in [4.69, 9.17) is 9.72 Å². The molecule has 0 spiro atoms. The molecule has 4 aromatic rings. The number of amides is 5. The quantitative estimate of drug-likeness (QED) is 0.133. The zero-order chi connectivity index (χ0) is 39.6. The third-order valence-corrected chi connectivity index (χ3v) is 11.2. The molecule has 1 aliphatic carbocycles. The lowest BCUT2D eigenvalue weighted by molar-refractivity contribution is -0.136. The van der Waals surface area contributed by atoms with Crippen LogP contribution in [0.15, 0.2) is 48.8 Å². The Morgan fingerprint density at radius 2 is 1.75 bits per heavy atom. The summed E-state index contributed by atoms with van der Waals surface area (Å²) in [5.41, 5.74) is 3.42. The van der Waals surface area contributed by atoms with E-state index in [9.17, 15) is 24.0 Å². The van der Waals surface area contributed by atoms with Crippen molar-refractivity contribution in [2.24, 2.45) is 0 Å². The van der Waals surface area contributed by atoms with Crippen LogP contribution >= 0.6 is 0 Å². The van der Waals surface area contributed by atoms with Gasteiger partial charge in [0.1, 0.15) is 23.2 Å². The maximum Gasteiger partial charge on any atom is 0.270 e. The van der Waals surface area contributed by atoms with Gasteiger partial charge in [0, 0.05) is 83.1 Å². The topological polar surface area (TPSA) is 187 Å². The van der Waals surface area contributed by atoms with Crippen molar-refractivity contribution in [3.05, 3.63) is 65.6 Å². The lowest BCUT2D eigenvalue weighted by atomic mass is 10.0. The van der Waals surface area contributed by atoms with Gasteiger partial charge < -0.3 is 29.7 Å². The highest BCUT2D eigenvalue weighted by atomic mass is 16.5. The Morgan fingerprint density at radius 3 is 2.49 bits per heavy atom. The molecule has 5 amide bonds. The number of ether oxygens (including phenoxy) is 1. The molecule has 3 aliphatic heterocycles. The minimum Gasteiger partial charge on any atom is -0.382 e. The molecule has 1 aromatic carbocycles. The van der Waals surface area contributed by atoms with Crippen molar-refractivity contribution in [2.45, 2.75) is 50.6 Å². The summed E-state index contributed by atoms with van der Waals surface area (Å²) in [5, 5.41) is 9.53. The van der Waals surface area contributed by atoms with Gasteiger partial charge in [-0.15, -0.1) is 0 Å². The molecule has 0 bridgehead atoms. The van der Waals surface area contributed by atoms with E-state index in [0.717, 1.165) is 80.0 Å². The minimum atomic E-state index is -1.01. The smallest absolute Gasteiger partial charge is 0.270 e. The van der Waals surface area contributed by atoms with E-state index in [1.807, 2.05) is 24.4 Å². The van der Waals surface area contributed by atoms with E-state index in [2.05, 4.69) is 40.3 Å². The van der Waals surface area contributed by atoms with Crippen LogP contribution in [0.25, 0.3) is 11.0 Å². The van der Waals surface area contributed by atoms with Gasteiger partial charge >= 0.3 is 0 Å². The molecule has 1 unspecified atom stereocenters. The Hall–Kier alpha value is -5.94. The molecule has 17 nitrogen and oxygen atoms in total. The Bertz CT molecular complexity index is 2190. The summed E-state index contributed by atoms with van der Waals surface area (Å²) >= 11 is 0. The first-order chi connectivity index (χ1) is 27.7. The number of hydrogen-bond donors (Lipinski definition) is 3. The predicted octanol–water partition coefficient (Wildman–Crippen LogP) is 3.04. The van der Waals surface area contributed by atoms with Crippen molar-refractivity contribution >= 4 is 63.7 Å². The Labute approximate surface area is 329 Å². The number of pyridine rings is 1. The number of carbonyl (C=O) groups excluding carboxylic acids is 5. The molecular formula is C40H47N11O6. The van der Waals surface area contributed by atoms with Crippen LogP contribution in [0.4, 0.5) is 23.1 Å². The summed E-state index contributed by atoms with van der Waals surface area (Å²) in [7, 11) is 3.54. The number of aromatic nitrogens is 4. The average Bonchev–Trinajstić information content (AvgIpc) is 3.94. The molecule has 3 aromatic heterocycles. The lowest BCUT2D eigenvalue weighted by Gasteiger charge is -2.35. The number of rotatable bonds is 13. The number of nitrogens with one attached hydrogen (secondary N) is 3. The normalized spacial score (nSPS) is 19.0. The van der Waals surface area contributed by atoms with Crippen LogP contribution in [0.3, 0.4) is 0 Å². The van der Waals surface area contributed by atoms with E-state index < -0.39 is 29.7 Å². The fourth-order valence-corrected chi connectivity index (χ4v) is 8.20. The first kappa shape index (κ1) is 38.0. The Kier molecular flexibility index (Phi) is 10.8. The zero-order valence-electron chi connectivity index (χ0n) is 32.2. The Balaban J connectivity index is 0.782. The summed E-state index contributed by atoms with van der Waals surface area (Å²) < 4.78 is 8.01. The van der Waals surface area contributed by atoms with Crippen LogP contribution in [-0.4, -0.2) is 136 Å². The van der Waals surface area contributed by atoms with Crippen molar-refractivity contribution in [3.8, 4) is 0 Å². The van der Waals surface area contributed by atoms with Crippen molar-refractivity contribution in [1.29, 1.82) is 0 Å². The second-order valence-electron chi connectivity index (χ2n) is 15.1. The number of fused-ring (bicyclic) bond motifs is 2. The summed E-state index contributed by atoms with van der Waals surface area (Å²) in [6.45, 7) is 5.61. The molecule has 298 valence electrons. The number of hydrogen-bond acceptors (Lipinski definition) is 13. The monoisotopic (exact) mass is 777 g/mol. The maximum absolute atomic E-state index is 13.3. The standard InChI is InChI=1S/C40H47N11O6/c1-47(2)38(55)31-22-25-23-43-40(46-35(25)50(31)26-6-3-4-7-26)44-32-12-10-27(24-42-32)49-17-15-48(16-18-49)19-21-57-20-14-41-29-9-5-8-28-34(29)39(56)51(37(28)54)30-11-13-33(52)45-36(30)53/h5,8-10,12,22-24,26,30,41H,3-4,6-7,11,13-21H2,1-2H3,(H,45,52,53)(H,42,43,44,46). The van der Waals surface area contributed by atoms with E-state index in [1.54, 1.807) is 43.4 Å². The maximum atomic E-state index is 13.3. The Morgan fingerprint density at radius 1 is 0.947 bits per heavy atom. The van der Waals surface area contributed by atoms with Gasteiger partial charge in [0.2, 0.25) is 17.8 Å². The first-order valence-electron chi connectivity index (χ1n) is 19.6. The molecular weight excluding hydrogens is 731 g/mol. The van der Waals surface area contributed by atoms with Crippen molar-refractivity contribution in [2.75, 3.05) is 82.1 Å². The van der Waals surface area contributed by atoms with Crippen LogP contribution in [0.2, 0.25) is 0 Å². The van der Waals surface area contributed by atoms with E-state index >= 15 is 0 Å². The lowest BCUT2D eigenvalue weighted by Crippen LogP contribution is -2.54. The molecule has 1 atom stereocenters. The van der Waals surface area contributed by atoms with Crippen molar-refractivity contribution < 1.29 is 28.7 Å². The second kappa shape index (κ2) is 16.3. The fraction of sp³-hybridized carbons (Fsp3) is 0.450. The molecule has 1 saturated carbocycles. The van der Waals surface area contributed by atoms with Crippen LogP contribution in [0, 0.1) is 0 Å². The number of carbonyl (C=O) groups is 5. The highest BCUT2D eigenvalue weighted by molar-refractivity contribution is 6.25. The molecule has 6 heterocycles. The van der Waals surface area contributed by atoms with E-state index in [-0.39, 0.29) is 35.9 Å². The van der Waals surface area contributed by atoms with Gasteiger partial charge in [-0.2, -0.15) is 4.98 Å². The fourth-order valence-electron chi connectivity index (χ4n) is 8.20. The van der Waals surface area contributed by atoms with Crippen LogP contribution in [-0.2, 0) is 14.3 Å².